The standard InChI is InChI=1S/C30H22F8/c1-11-7-9-17(10-8-11)12(2)18-19(13(3)21-27(35)23(31)15(5)24(32)28(21)36)20(18)14(4)22-29(37)25(33)16(6)26(34)30(22)38/h7-10H,1-6H3/b19-13-,20-14-. The van der Waals surface area contributed by atoms with Crippen molar-refractivity contribution in [2.75, 3.05) is 0 Å². The molecule has 4 rings (SSSR count). The molecule has 1 aliphatic rings. The molecule has 0 saturated heterocycles. The number of aryl methyl sites for hydroxylation is 1. The number of allylic oxidation sites excluding steroid dienone is 6. The van der Waals surface area contributed by atoms with Gasteiger partial charge in [0.25, 0.3) is 0 Å². The van der Waals surface area contributed by atoms with Gasteiger partial charge in [0.1, 0.15) is 0 Å². The minimum absolute atomic E-state index is 0.0567. The van der Waals surface area contributed by atoms with E-state index < -0.39 is 68.8 Å². The van der Waals surface area contributed by atoms with Crippen molar-refractivity contribution >= 4 is 16.7 Å². The zero-order chi connectivity index (χ0) is 28.4. The molecule has 0 radical (unpaired) electrons. The number of rotatable bonds is 3. The summed E-state index contributed by atoms with van der Waals surface area (Å²) in [5.74, 6) is -12.9. The van der Waals surface area contributed by atoms with Crippen molar-refractivity contribution in [3.8, 4) is 0 Å². The van der Waals surface area contributed by atoms with E-state index in [9.17, 15) is 35.1 Å². The van der Waals surface area contributed by atoms with E-state index in [1.807, 2.05) is 6.92 Å². The Labute approximate surface area is 214 Å². The van der Waals surface area contributed by atoms with Gasteiger partial charge >= 0.3 is 0 Å². The molecular weight excluding hydrogens is 512 g/mol. The minimum atomic E-state index is -1.63. The van der Waals surface area contributed by atoms with Gasteiger partial charge in [-0.15, -0.1) is 0 Å². The van der Waals surface area contributed by atoms with E-state index in [1.54, 1.807) is 31.2 Å². The summed E-state index contributed by atoms with van der Waals surface area (Å²) < 4.78 is 117. The maximum Gasteiger partial charge on any atom is 0.169 e. The molecule has 0 N–H and O–H groups in total. The fourth-order valence-corrected chi connectivity index (χ4v) is 4.65. The van der Waals surface area contributed by atoms with Crippen LogP contribution >= 0.6 is 0 Å². The second-order valence-electron chi connectivity index (χ2n) is 9.38. The highest BCUT2D eigenvalue weighted by atomic mass is 19.2. The molecule has 3 aromatic carbocycles. The molecule has 0 unspecified atom stereocenters. The maximum atomic E-state index is 14.9. The Morgan fingerprint density at radius 3 is 1.03 bits per heavy atom. The zero-order valence-corrected chi connectivity index (χ0v) is 21.3. The van der Waals surface area contributed by atoms with E-state index in [-0.39, 0.29) is 27.9 Å². The number of hydrogen-bond acceptors (Lipinski definition) is 0. The third-order valence-corrected chi connectivity index (χ3v) is 7.01. The van der Waals surface area contributed by atoms with Gasteiger partial charge in [0.2, 0.25) is 0 Å². The van der Waals surface area contributed by atoms with E-state index in [2.05, 4.69) is 0 Å². The van der Waals surface area contributed by atoms with Gasteiger partial charge < -0.3 is 0 Å². The first-order valence-corrected chi connectivity index (χ1v) is 11.6. The van der Waals surface area contributed by atoms with Crippen LogP contribution in [0.5, 0.6) is 0 Å². The number of halogens is 8. The lowest BCUT2D eigenvalue weighted by Crippen LogP contribution is -2.05. The Balaban J connectivity index is 2.12. The van der Waals surface area contributed by atoms with Gasteiger partial charge in [-0.25, -0.2) is 35.1 Å². The van der Waals surface area contributed by atoms with Gasteiger partial charge in [0.05, 0.1) is 11.1 Å². The van der Waals surface area contributed by atoms with Crippen molar-refractivity contribution < 1.29 is 35.1 Å². The van der Waals surface area contributed by atoms with Gasteiger partial charge in [0, 0.05) is 11.1 Å². The van der Waals surface area contributed by atoms with Gasteiger partial charge in [-0.3, -0.25) is 0 Å². The molecule has 1 saturated carbocycles. The Kier molecular flexibility index (Phi) is 6.89. The monoisotopic (exact) mass is 534 g/mol. The molecule has 3 aromatic rings. The number of hydrogen-bond donors (Lipinski definition) is 0. The van der Waals surface area contributed by atoms with Gasteiger partial charge in [0.15, 0.2) is 46.5 Å². The van der Waals surface area contributed by atoms with Crippen LogP contribution in [0.2, 0.25) is 0 Å². The molecule has 0 heterocycles. The highest BCUT2D eigenvalue weighted by molar-refractivity contribution is 6.05. The molecule has 1 fully saturated rings. The second-order valence-corrected chi connectivity index (χ2v) is 9.38. The quantitative estimate of drug-likeness (QED) is 0.232. The summed E-state index contributed by atoms with van der Waals surface area (Å²) >= 11 is 0. The largest absolute Gasteiger partial charge is 0.203 e. The first-order chi connectivity index (χ1) is 17.7. The van der Waals surface area contributed by atoms with Crippen LogP contribution < -0.4 is 0 Å². The SMILES string of the molecule is CC(=C1C(=C(\C)c2c(F)c(F)c(C)c(F)c2F)/C1=C(/C)c1c(F)c(F)c(C)c(F)c1F)c1ccc(C)cc1. The Morgan fingerprint density at radius 1 is 0.421 bits per heavy atom. The average molecular weight is 534 g/mol. The lowest BCUT2D eigenvalue weighted by atomic mass is 9.99. The third-order valence-electron chi connectivity index (χ3n) is 7.01. The smallest absolute Gasteiger partial charge is 0.169 e. The molecule has 0 amide bonds. The lowest BCUT2D eigenvalue weighted by molar-refractivity contribution is 0.441. The van der Waals surface area contributed by atoms with Gasteiger partial charge in [-0.05, 0) is 80.5 Å². The Hall–Kier alpha value is -3.68. The minimum Gasteiger partial charge on any atom is -0.203 e. The van der Waals surface area contributed by atoms with Crippen molar-refractivity contribution in [1.29, 1.82) is 0 Å². The first kappa shape index (κ1) is 27.4. The molecule has 38 heavy (non-hydrogen) atoms. The average Bonchev–Trinajstić information content (AvgIpc) is 3.64. The maximum absolute atomic E-state index is 14.9. The van der Waals surface area contributed by atoms with Crippen LogP contribution in [0.15, 0.2) is 41.0 Å². The molecular formula is C30H22F8. The molecule has 8 heteroatoms. The van der Waals surface area contributed by atoms with Crippen LogP contribution in [-0.4, -0.2) is 0 Å². The fourth-order valence-electron chi connectivity index (χ4n) is 4.65. The Morgan fingerprint density at radius 2 is 0.711 bits per heavy atom. The molecule has 0 nitrogen and oxygen atoms in total. The molecule has 0 bridgehead atoms. The van der Waals surface area contributed by atoms with E-state index in [0.717, 1.165) is 19.4 Å². The van der Waals surface area contributed by atoms with Crippen molar-refractivity contribution in [3.05, 3.63) is 121 Å². The van der Waals surface area contributed by atoms with Gasteiger partial charge in [-0.2, -0.15) is 0 Å². The molecule has 198 valence electrons. The highest BCUT2D eigenvalue weighted by Gasteiger charge is 2.40. The fraction of sp³-hybridized carbons (Fsp3) is 0.200. The predicted molar refractivity (Wildman–Crippen MR) is 131 cm³/mol. The van der Waals surface area contributed by atoms with E-state index in [4.69, 9.17) is 0 Å². The van der Waals surface area contributed by atoms with Crippen LogP contribution in [-0.2, 0) is 0 Å². The van der Waals surface area contributed by atoms with Crippen LogP contribution in [0.1, 0.15) is 54.2 Å². The summed E-state index contributed by atoms with van der Waals surface area (Å²) in [7, 11) is 0. The van der Waals surface area contributed by atoms with Crippen LogP contribution in [0, 0.1) is 67.3 Å². The lowest BCUT2D eigenvalue weighted by Gasteiger charge is -2.10. The molecule has 0 spiro atoms. The van der Waals surface area contributed by atoms with Crippen molar-refractivity contribution in [2.45, 2.75) is 41.5 Å². The molecule has 0 atom stereocenters. The summed E-state index contributed by atoms with van der Waals surface area (Å²) in [5.41, 5.74) is -1.67. The number of benzene rings is 3. The summed E-state index contributed by atoms with van der Waals surface area (Å²) in [4.78, 5) is 0. The van der Waals surface area contributed by atoms with Crippen molar-refractivity contribution in [3.63, 3.8) is 0 Å². The molecule has 1 aliphatic carbocycles. The van der Waals surface area contributed by atoms with Crippen molar-refractivity contribution in [1.82, 2.24) is 0 Å². The Bertz CT molecular complexity index is 1470. The van der Waals surface area contributed by atoms with Gasteiger partial charge in [-0.1, -0.05) is 29.8 Å². The first-order valence-electron chi connectivity index (χ1n) is 11.6. The van der Waals surface area contributed by atoms with Crippen LogP contribution in [0.4, 0.5) is 35.1 Å². The van der Waals surface area contributed by atoms with Crippen LogP contribution in [0.25, 0.3) is 16.7 Å². The third kappa shape index (κ3) is 4.06. The molecule has 0 aromatic heterocycles. The predicted octanol–water partition coefficient (Wildman–Crippen LogP) is 9.46. The van der Waals surface area contributed by atoms with E-state index >= 15 is 0 Å². The molecule has 0 aliphatic heterocycles. The normalized spacial score (nSPS) is 15.7. The second kappa shape index (κ2) is 9.57. The zero-order valence-electron chi connectivity index (χ0n) is 21.3. The summed E-state index contributed by atoms with van der Waals surface area (Å²) in [6.07, 6.45) is 0. The van der Waals surface area contributed by atoms with Crippen molar-refractivity contribution in [2.24, 2.45) is 0 Å². The summed E-state index contributed by atoms with van der Waals surface area (Å²) in [6.45, 7) is 7.67. The highest BCUT2D eigenvalue weighted by Crippen LogP contribution is 2.56. The van der Waals surface area contributed by atoms with E-state index in [1.165, 1.54) is 13.8 Å². The summed E-state index contributed by atoms with van der Waals surface area (Å²) in [5, 5.41) is 0. The summed E-state index contributed by atoms with van der Waals surface area (Å²) in [6, 6.07) is 7.08. The van der Waals surface area contributed by atoms with Crippen LogP contribution in [0.3, 0.4) is 0 Å². The topological polar surface area (TPSA) is 0 Å². The van der Waals surface area contributed by atoms with E-state index in [0.29, 0.717) is 11.1 Å².